The lowest BCUT2D eigenvalue weighted by Crippen LogP contribution is -2.52. The van der Waals surface area contributed by atoms with Crippen LogP contribution in [0.25, 0.3) is 11.3 Å². The molecule has 6 rings (SSSR count). The van der Waals surface area contributed by atoms with Crippen molar-refractivity contribution in [2.24, 2.45) is 24.8 Å². The third kappa shape index (κ3) is 6.19. The number of quaternary nitrogens is 1. The minimum atomic E-state index is -1.37. The monoisotopic (exact) mass is 689 g/mol. The number of rotatable bonds is 9. The van der Waals surface area contributed by atoms with Gasteiger partial charge < -0.3 is 34.0 Å². The Hall–Kier alpha value is -4.63. The first-order valence-electron chi connectivity index (χ1n) is 15.2. The van der Waals surface area contributed by atoms with Crippen LogP contribution < -0.4 is 10.1 Å². The van der Waals surface area contributed by atoms with Gasteiger partial charge in [0, 0.05) is 56.3 Å². The van der Waals surface area contributed by atoms with Crippen LogP contribution in [0.4, 0.5) is 18.9 Å². The first-order chi connectivity index (χ1) is 22.8. The number of hydrogen-bond donors (Lipinski definition) is 2. The number of benzene rings is 2. The average molecular weight is 690 g/mol. The molecular weight excluding hydrogens is 657 g/mol. The molecule has 2 unspecified atom stereocenters. The van der Waals surface area contributed by atoms with Gasteiger partial charge in [0.25, 0.3) is 11.8 Å². The molecule has 0 bridgehead atoms. The van der Waals surface area contributed by atoms with Gasteiger partial charge in [-0.2, -0.15) is 4.39 Å². The Labute approximate surface area is 278 Å². The third-order valence-corrected chi connectivity index (χ3v) is 9.81. The number of alkyl halides is 1. The lowest BCUT2D eigenvalue weighted by molar-refractivity contribution is -0.896. The molecule has 1 aromatic heterocycles. The second-order valence-corrected chi connectivity index (χ2v) is 13.1. The number of carbonyl (C=O) groups excluding carboxylic acids is 3. The number of halogens is 4. The average Bonchev–Trinajstić information content (AvgIpc) is 3.34. The van der Waals surface area contributed by atoms with Crippen LogP contribution in [0.2, 0.25) is 5.02 Å². The highest BCUT2D eigenvalue weighted by atomic mass is 35.5. The zero-order valence-electron chi connectivity index (χ0n) is 26.1. The number of imidazole rings is 1. The predicted octanol–water partition coefficient (Wildman–Crippen LogP) is 3.27. The maximum atomic E-state index is 14.7. The van der Waals surface area contributed by atoms with E-state index in [0.717, 1.165) is 6.07 Å². The standard InChI is InChI=1S/C32H32ClF3N6O6/c1-39-23(19-5-6-24(48-16-34)28(36)27(19)35)12-37-29(39)30(45)38-17-3-4-18(22(33)11-17)31(46)40-7-9-41(10-8-40)32(47)26-20-13-42(2,14-21(20)26)15-25(43)44/h3-6,11-12,20-21,26H,7-10,13-16H2,1-2H3,(H-,38,43,44,45,46)/p+1/t20-,21+,26?,42?. The maximum Gasteiger partial charge on any atom is 0.359 e. The number of fused-ring (bicyclic) bond motifs is 1. The smallest absolute Gasteiger partial charge is 0.359 e. The fourth-order valence-corrected chi connectivity index (χ4v) is 7.35. The molecule has 16 heteroatoms. The summed E-state index contributed by atoms with van der Waals surface area (Å²) < 4.78 is 47.5. The number of anilines is 1. The van der Waals surface area contributed by atoms with E-state index in [0.29, 0.717) is 43.8 Å². The Morgan fingerprint density at radius 3 is 2.33 bits per heavy atom. The van der Waals surface area contributed by atoms with E-state index in [9.17, 15) is 37.5 Å². The summed E-state index contributed by atoms with van der Waals surface area (Å²) in [6.07, 6.45) is 1.19. The van der Waals surface area contributed by atoms with Gasteiger partial charge >= 0.3 is 5.97 Å². The van der Waals surface area contributed by atoms with E-state index in [2.05, 4.69) is 15.0 Å². The van der Waals surface area contributed by atoms with Crippen LogP contribution in [-0.4, -0.2) is 112 Å². The quantitative estimate of drug-likeness (QED) is 0.330. The number of piperazine rings is 1. The number of hydrogen-bond acceptors (Lipinski definition) is 6. The summed E-state index contributed by atoms with van der Waals surface area (Å²) >= 11 is 6.46. The van der Waals surface area contributed by atoms with Gasteiger partial charge in [-0.1, -0.05) is 11.6 Å². The van der Waals surface area contributed by atoms with Crippen molar-refractivity contribution in [3.63, 3.8) is 0 Å². The fourth-order valence-electron chi connectivity index (χ4n) is 7.09. The number of aromatic nitrogens is 2. The second kappa shape index (κ2) is 12.8. The number of ether oxygens (including phenoxy) is 1. The molecule has 0 spiro atoms. The van der Waals surface area contributed by atoms with Crippen molar-refractivity contribution in [1.82, 2.24) is 19.4 Å². The van der Waals surface area contributed by atoms with Crippen molar-refractivity contribution < 1.29 is 46.7 Å². The van der Waals surface area contributed by atoms with Crippen molar-refractivity contribution in [1.29, 1.82) is 0 Å². The number of nitrogens with zero attached hydrogens (tertiary/aromatic N) is 5. The summed E-state index contributed by atoms with van der Waals surface area (Å²) in [5.74, 6) is -4.83. The normalized spacial score (nSPS) is 23.1. The molecule has 3 fully saturated rings. The number of nitrogens with one attached hydrogen (secondary N) is 1. The highest BCUT2D eigenvalue weighted by Crippen LogP contribution is 2.54. The van der Waals surface area contributed by atoms with E-state index < -0.39 is 36.1 Å². The van der Waals surface area contributed by atoms with Gasteiger partial charge in [0.1, 0.15) is 0 Å². The Morgan fingerprint density at radius 2 is 1.71 bits per heavy atom. The van der Waals surface area contributed by atoms with Crippen LogP contribution >= 0.6 is 11.6 Å². The number of likely N-dealkylation sites (N-methyl/N-ethyl adjacent to an activating group) is 1. The summed E-state index contributed by atoms with van der Waals surface area (Å²) in [6.45, 7) is 1.50. The predicted molar refractivity (Wildman–Crippen MR) is 166 cm³/mol. The minimum absolute atomic E-state index is 0.0538. The molecule has 2 aromatic carbocycles. The fraction of sp³-hybridized carbons (Fsp3) is 0.406. The Bertz CT molecular complexity index is 1800. The molecule has 2 aliphatic heterocycles. The van der Waals surface area contributed by atoms with Crippen LogP contribution in [-0.2, 0) is 16.6 Å². The Balaban J connectivity index is 1.04. The summed E-state index contributed by atoms with van der Waals surface area (Å²) in [5.41, 5.74) is 0.360. The van der Waals surface area contributed by atoms with Gasteiger partial charge in [0.05, 0.1) is 48.5 Å². The van der Waals surface area contributed by atoms with Gasteiger partial charge in [-0.3, -0.25) is 14.4 Å². The molecule has 3 aliphatic rings. The van der Waals surface area contributed by atoms with E-state index in [1.165, 1.54) is 42.1 Å². The van der Waals surface area contributed by atoms with Crippen molar-refractivity contribution in [2.45, 2.75) is 0 Å². The Morgan fingerprint density at radius 1 is 1.04 bits per heavy atom. The summed E-state index contributed by atoms with van der Waals surface area (Å²) in [5, 5.41) is 11.9. The van der Waals surface area contributed by atoms with E-state index in [1.54, 1.807) is 9.80 Å². The third-order valence-electron chi connectivity index (χ3n) is 9.50. The summed E-state index contributed by atoms with van der Waals surface area (Å²) in [7, 11) is 3.36. The number of carbonyl (C=O) groups is 4. The second-order valence-electron chi connectivity index (χ2n) is 12.7. The van der Waals surface area contributed by atoms with E-state index in [4.69, 9.17) is 11.6 Å². The molecule has 3 aromatic rings. The summed E-state index contributed by atoms with van der Waals surface area (Å²) in [6, 6.07) is 6.66. The van der Waals surface area contributed by atoms with Crippen LogP contribution in [0, 0.1) is 29.4 Å². The maximum absolute atomic E-state index is 14.7. The van der Waals surface area contributed by atoms with E-state index in [1.807, 2.05) is 7.05 Å². The SMILES string of the molecule is Cn1c(-c2ccc(OCF)c(F)c2F)cnc1C(=O)Nc1ccc(C(=O)N2CCN(C(=O)C3[C@H]4C[N+](C)(CC(=O)O)C[C@@H]34)CC2)c(Cl)c1. The van der Waals surface area contributed by atoms with Crippen LogP contribution in [0.5, 0.6) is 5.75 Å². The van der Waals surface area contributed by atoms with E-state index >= 15 is 0 Å². The van der Waals surface area contributed by atoms with Crippen molar-refractivity contribution in [3.8, 4) is 17.0 Å². The topological polar surface area (TPSA) is 134 Å². The lowest BCUT2D eigenvalue weighted by Gasteiger charge is -2.36. The summed E-state index contributed by atoms with van der Waals surface area (Å²) in [4.78, 5) is 58.1. The molecule has 254 valence electrons. The van der Waals surface area contributed by atoms with Crippen molar-refractivity contribution in [2.75, 3.05) is 65.0 Å². The van der Waals surface area contributed by atoms with Gasteiger partial charge in [-0.25, -0.2) is 18.6 Å². The number of carboxylic acids is 1. The number of piperidine rings is 1. The zero-order chi connectivity index (χ0) is 34.5. The van der Waals surface area contributed by atoms with Gasteiger partial charge in [-0.05, 0) is 30.3 Å². The number of aliphatic carboxylic acids is 1. The number of amides is 3. The van der Waals surface area contributed by atoms with Crippen LogP contribution in [0.1, 0.15) is 21.0 Å². The van der Waals surface area contributed by atoms with Crippen LogP contribution in [0.3, 0.4) is 0 Å². The molecule has 3 heterocycles. The zero-order valence-corrected chi connectivity index (χ0v) is 26.8. The van der Waals surface area contributed by atoms with Gasteiger partial charge in [0.15, 0.2) is 23.9 Å². The number of likely N-dealkylation sites (tertiary alicyclic amines) is 1. The number of carboxylic acid groups (broad SMARTS) is 1. The molecule has 2 saturated heterocycles. The minimum Gasteiger partial charge on any atom is -0.477 e. The highest BCUT2D eigenvalue weighted by molar-refractivity contribution is 6.34. The highest BCUT2D eigenvalue weighted by Gasteiger charge is 2.66. The largest absolute Gasteiger partial charge is 0.477 e. The molecule has 1 saturated carbocycles. The molecule has 2 N–H and O–H groups in total. The van der Waals surface area contributed by atoms with E-state index in [-0.39, 0.29) is 69.5 Å². The molecule has 0 radical (unpaired) electrons. The van der Waals surface area contributed by atoms with Crippen LogP contribution in [0.15, 0.2) is 36.5 Å². The molecule has 1 aliphatic carbocycles. The molecule has 12 nitrogen and oxygen atoms in total. The van der Waals surface area contributed by atoms with Gasteiger partial charge in [-0.15, -0.1) is 0 Å². The first-order valence-corrected chi connectivity index (χ1v) is 15.6. The Kier molecular flexibility index (Phi) is 8.85. The lowest BCUT2D eigenvalue weighted by atomic mass is 10.1. The molecule has 4 atom stereocenters. The first kappa shape index (κ1) is 33.3. The van der Waals surface area contributed by atoms with Gasteiger partial charge in [0.2, 0.25) is 18.6 Å². The molecule has 48 heavy (non-hydrogen) atoms. The molecule has 3 amide bonds. The molecular formula is C32H33ClF3N6O6+. The van der Waals surface area contributed by atoms with Crippen molar-refractivity contribution in [3.05, 3.63) is 64.6 Å². The van der Waals surface area contributed by atoms with Crippen molar-refractivity contribution >= 4 is 41.0 Å².